The van der Waals surface area contributed by atoms with Gasteiger partial charge in [-0.15, -0.1) is 5.10 Å². The first kappa shape index (κ1) is 23.3. The highest BCUT2D eigenvalue weighted by Gasteiger charge is 2.17. The summed E-state index contributed by atoms with van der Waals surface area (Å²) < 4.78 is 16.3. The molecule has 0 bridgehead atoms. The van der Waals surface area contributed by atoms with E-state index in [0.29, 0.717) is 21.2 Å². The number of hydrogen-bond acceptors (Lipinski definition) is 7. The molecule has 8 nitrogen and oxygen atoms in total. The fraction of sp³-hybridized carbons (Fsp3) is 0.0833. The van der Waals surface area contributed by atoms with Crippen LogP contribution in [0.5, 0.6) is 5.75 Å². The Kier molecular flexibility index (Phi) is 7.41. The Morgan fingerprint density at radius 2 is 1.71 bits per heavy atom. The molecule has 0 aliphatic rings. The lowest BCUT2D eigenvalue weighted by Gasteiger charge is -2.12. The van der Waals surface area contributed by atoms with Crippen LogP contribution in [0.4, 0.5) is 6.01 Å². The average molecular weight is 498 g/mol. The number of carbonyl (C=O) groups excluding carboxylic acids is 2. The molecule has 0 saturated carbocycles. The van der Waals surface area contributed by atoms with Gasteiger partial charge in [-0.1, -0.05) is 64.7 Å². The second-order valence-electron chi connectivity index (χ2n) is 6.92. The van der Waals surface area contributed by atoms with E-state index in [-0.39, 0.29) is 29.8 Å². The number of halogens is 2. The van der Waals surface area contributed by atoms with Crippen molar-refractivity contribution in [1.82, 2.24) is 10.2 Å². The Morgan fingerprint density at radius 3 is 2.50 bits per heavy atom. The van der Waals surface area contributed by atoms with Crippen molar-refractivity contribution < 1.29 is 23.5 Å². The lowest BCUT2D eigenvalue weighted by molar-refractivity contribution is -0.119. The smallest absolute Gasteiger partial charge is 0.342 e. The molecule has 1 amide bonds. The van der Waals surface area contributed by atoms with Gasteiger partial charge in [0.1, 0.15) is 17.9 Å². The number of carbonyl (C=O) groups is 2. The van der Waals surface area contributed by atoms with Crippen molar-refractivity contribution >= 4 is 41.1 Å². The quantitative estimate of drug-likeness (QED) is 0.324. The minimum Gasteiger partial charge on any atom is -0.488 e. The summed E-state index contributed by atoms with van der Waals surface area (Å²) in [5, 5.41) is 11.0. The number of ether oxygens (including phenoxy) is 2. The van der Waals surface area contributed by atoms with Crippen LogP contribution >= 0.6 is 23.2 Å². The van der Waals surface area contributed by atoms with Crippen LogP contribution in [0.1, 0.15) is 15.9 Å². The molecule has 0 aliphatic carbocycles. The second-order valence-corrected chi connectivity index (χ2v) is 7.77. The lowest BCUT2D eigenvalue weighted by atomic mass is 10.2. The molecule has 34 heavy (non-hydrogen) atoms. The molecule has 1 aromatic heterocycles. The molecule has 1 heterocycles. The largest absolute Gasteiger partial charge is 0.488 e. The van der Waals surface area contributed by atoms with Crippen molar-refractivity contribution in [1.29, 1.82) is 0 Å². The monoisotopic (exact) mass is 497 g/mol. The fourth-order valence-electron chi connectivity index (χ4n) is 2.89. The van der Waals surface area contributed by atoms with Gasteiger partial charge >= 0.3 is 12.0 Å². The molecular weight excluding hydrogens is 481 g/mol. The van der Waals surface area contributed by atoms with Crippen molar-refractivity contribution in [2.24, 2.45) is 0 Å². The molecule has 172 valence electrons. The maximum Gasteiger partial charge on any atom is 0.342 e. The number of nitrogens with one attached hydrogen (secondary N) is 1. The maximum atomic E-state index is 12.6. The van der Waals surface area contributed by atoms with E-state index in [9.17, 15) is 9.59 Å². The minimum atomic E-state index is -0.733. The summed E-state index contributed by atoms with van der Waals surface area (Å²) in [6, 6.07) is 20.5. The highest BCUT2D eigenvalue weighted by Crippen LogP contribution is 2.25. The minimum absolute atomic E-state index is 0.108. The van der Waals surface area contributed by atoms with Crippen molar-refractivity contribution in [3.05, 3.63) is 94.0 Å². The molecule has 0 atom stereocenters. The number of amides is 1. The summed E-state index contributed by atoms with van der Waals surface area (Å²) in [5.41, 5.74) is 1.56. The third-order valence-corrected chi connectivity index (χ3v) is 5.12. The number of hydrogen-bond donors (Lipinski definition) is 1. The van der Waals surface area contributed by atoms with Crippen LogP contribution in [-0.2, 0) is 16.1 Å². The first-order chi connectivity index (χ1) is 16.5. The van der Waals surface area contributed by atoms with Gasteiger partial charge in [-0.25, -0.2) is 4.79 Å². The molecule has 3 aromatic carbocycles. The number of anilines is 1. The SMILES string of the molecule is O=C(COC(=O)c1ccccc1OCc1ccc(Cl)cc1Cl)Nc1nnc(-c2ccccc2)o1. The number of esters is 1. The van der Waals surface area contributed by atoms with Gasteiger partial charge in [0.25, 0.3) is 5.91 Å². The van der Waals surface area contributed by atoms with Gasteiger partial charge in [-0.3, -0.25) is 10.1 Å². The van der Waals surface area contributed by atoms with Crippen molar-refractivity contribution in [2.75, 3.05) is 11.9 Å². The van der Waals surface area contributed by atoms with Crippen LogP contribution in [-0.4, -0.2) is 28.7 Å². The van der Waals surface area contributed by atoms with Crippen molar-refractivity contribution in [3.63, 3.8) is 0 Å². The van der Waals surface area contributed by atoms with E-state index in [1.807, 2.05) is 18.2 Å². The molecule has 10 heteroatoms. The van der Waals surface area contributed by atoms with Gasteiger partial charge in [-0.2, -0.15) is 0 Å². The average Bonchev–Trinajstić information content (AvgIpc) is 3.31. The fourth-order valence-corrected chi connectivity index (χ4v) is 3.35. The lowest BCUT2D eigenvalue weighted by Crippen LogP contribution is -2.21. The van der Waals surface area contributed by atoms with Gasteiger partial charge in [0.2, 0.25) is 5.89 Å². The van der Waals surface area contributed by atoms with Crippen LogP contribution < -0.4 is 10.1 Å². The molecule has 0 radical (unpaired) electrons. The Morgan fingerprint density at radius 1 is 0.941 bits per heavy atom. The highest BCUT2D eigenvalue weighted by atomic mass is 35.5. The topological polar surface area (TPSA) is 104 Å². The zero-order valence-electron chi connectivity index (χ0n) is 17.5. The normalized spacial score (nSPS) is 10.5. The van der Waals surface area contributed by atoms with Gasteiger partial charge in [0.05, 0.1) is 0 Å². The Labute approximate surface area is 204 Å². The van der Waals surface area contributed by atoms with E-state index in [2.05, 4.69) is 15.5 Å². The zero-order valence-corrected chi connectivity index (χ0v) is 19.0. The van der Waals surface area contributed by atoms with Crippen LogP contribution in [0.25, 0.3) is 11.5 Å². The van der Waals surface area contributed by atoms with Gasteiger partial charge in [-0.05, 0) is 36.4 Å². The van der Waals surface area contributed by atoms with Crippen LogP contribution in [0, 0.1) is 0 Å². The third kappa shape index (κ3) is 5.92. The molecule has 1 N–H and O–H groups in total. The zero-order chi connectivity index (χ0) is 23.9. The summed E-state index contributed by atoms with van der Waals surface area (Å²) in [7, 11) is 0. The number of aromatic nitrogens is 2. The van der Waals surface area contributed by atoms with Crippen LogP contribution in [0.3, 0.4) is 0 Å². The molecule has 4 rings (SSSR count). The summed E-state index contributed by atoms with van der Waals surface area (Å²) in [6.07, 6.45) is 0. The summed E-state index contributed by atoms with van der Waals surface area (Å²) in [6.45, 7) is -0.444. The summed E-state index contributed by atoms with van der Waals surface area (Å²) >= 11 is 12.1. The number of rotatable bonds is 8. The molecule has 4 aromatic rings. The first-order valence-electron chi connectivity index (χ1n) is 10.0. The first-order valence-corrected chi connectivity index (χ1v) is 10.8. The van der Waals surface area contributed by atoms with Gasteiger partial charge in [0.15, 0.2) is 6.61 Å². The molecule has 0 fully saturated rings. The molecule has 0 saturated heterocycles. The Hall–Kier alpha value is -3.88. The molecular formula is C24H17Cl2N3O5. The predicted octanol–water partition coefficient (Wildman–Crippen LogP) is 5.42. The molecule has 0 spiro atoms. The number of para-hydroxylation sites is 1. The standard InChI is InChI=1S/C24H17Cl2N3O5/c25-17-11-10-16(19(26)12-17)13-32-20-9-5-4-8-18(20)23(31)33-14-21(30)27-24-29-28-22(34-24)15-6-2-1-3-7-15/h1-12H,13-14H2,(H,27,29,30). The van der Waals surface area contributed by atoms with E-state index in [0.717, 1.165) is 0 Å². The summed E-state index contributed by atoms with van der Waals surface area (Å²) in [5.74, 6) is -0.838. The second kappa shape index (κ2) is 10.8. The van der Waals surface area contributed by atoms with E-state index in [4.69, 9.17) is 37.1 Å². The predicted molar refractivity (Wildman–Crippen MR) is 126 cm³/mol. The third-order valence-electron chi connectivity index (χ3n) is 4.53. The van der Waals surface area contributed by atoms with E-state index in [1.54, 1.807) is 48.5 Å². The van der Waals surface area contributed by atoms with Crippen LogP contribution in [0.2, 0.25) is 10.0 Å². The van der Waals surface area contributed by atoms with Crippen molar-refractivity contribution in [2.45, 2.75) is 6.61 Å². The van der Waals surface area contributed by atoms with Gasteiger partial charge in [0, 0.05) is 21.2 Å². The molecule has 0 aliphatic heterocycles. The maximum absolute atomic E-state index is 12.6. The van der Waals surface area contributed by atoms with E-state index < -0.39 is 18.5 Å². The number of nitrogens with zero attached hydrogens (tertiary/aromatic N) is 2. The van der Waals surface area contributed by atoms with E-state index in [1.165, 1.54) is 6.07 Å². The van der Waals surface area contributed by atoms with E-state index >= 15 is 0 Å². The highest BCUT2D eigenvalue weighted by molar-refractivity contribution is 6.35. The number of benzene rings is 3. The Balaban J connectivity index is 1.33. The van der Waals surface area contributed by atoms with Crippen LogP contribution in [0.15, 0.2) is 77.2 Å². The van der Waals surface area contributed by atoms with Gasteiger partial charge < -0.3 is 13.9 Å². The molecule has 0 unspecified atom stereocenters. The summed E-state index contributed by atoms with van der Waals surface area (Å²) in [4.78, 5) is 24.7. The Bertz CT molecular complexity index is 1310. The van der Waals surface area contributed by atoms with Crippen molar-refractivity contribution in [3.8, 4) is 17.2 Å².